The first-order valence-corrected chi connectivity index (χ1v) is 14.4. The number of hydrogen-bond donors (Lipinski definition) is 1. The highest BCUT2D eigenvalue weighted by atomic mass is 35.5. The van der Waals surface area contributed by atoms with Gasteiger partial charge >= 0.3 is 0 Å². The number of nitrogens with zero attached hydrogens (tertiary/aromatic N) is 1. The zero-order valence-corrected chi connectivity index (χ0v) is 25.0. The Morgan fingerprint density at radius 2 is 1.61 bits per heavy atom. The number of ketones is 1. The van der Waals surface area contributed by atoms with Crippen molar-refractivity contribution in [2.75, 3.05) is 18.4 Å². The van der Waals surface area contributed by atoms with Crippen LogP contribution in [0.25, 0.3) is 10.6 Å². The maximum Gasteiger partial charge on any atom is 0.162 e. The van der Waals surface area contributed by atoms with Gasteiger partial charge in [0.05, 0.1) is 29.4 Å². The Bertz CT molecular complexity index is 1040. The first-order chi connectivity index (χ1) is 17.2. The van der Waals surface area contributed by atoms with Gasteiger partial charge in [-0.3, -0.25) is 4.79 Å². The van der Waals surface area contributed by atoms with E-state index in [1.54, 1.807) is 35.6 Å². The van der Waals surface area contributed by atoms with Crippen molar-refractivity contribution in [2.24, 2.45) is 5.73 Å². The number of Topliss-reactive ketones (excluding diaryl/α,β-unsaturated/α-hetero) is 1. The zero-order chi connectivity index (χ0) is 26.9. The van der Waals surface area contributed by atoms with Crippen LogP contribution in [0.1, 0.15) is 31.0 Å². The lowest BCUT2D eigenvalue weighted by atomic mass is 10.2. The van der Waals surface area contributed by atoms with Crippen LogP contribution in [-0.4, -0.2) is 40.2 Å². The molecule has 1 aliphatic rings. The van der Waals surface area contributed by atoms with Crippen LogP contribution in [0.2, 0.25) is 10.0 Å². The summed E-state index contributed by atoms with van der Waals surface area (Å²) in [6.45, 7) is 3.11. The Morgan fingerprint density at radius 1 is 1.06 bits per heavy atom. The van der Waals surface area contributed by atoms with Crippen molar-refractivity contribution in [3.05, 3.63) is 75.2 Å². The SMILES string of the molecule is CC1CCCO1.ClCc1csc(-c2ccc(Cl)cc2)n1.NC(=S)c1ccc(Cl)cc1.O=C(CCl)CCl. The van der Waals surface area contributed by atoms with Gasteiger partial charge in [0.15, 0.2) is 5.78 Å². The summed E-state index contributed by atoms with van der Waals surface area (Å²) in [6.07, 6.45) is 3.08. The summed E-state index contributed by atoms with van der Waals surface area (Å²) < 4.78 is 5.15. The predicted molar refractivity (Wildman–Crippen MR) is 161 cm³/mol. The van der Waals surface area contributed by atoms with E-state index >= 15 is 0 Å². The molecule has 1 aliphatic heterocycles. The van der Waals surface area contributed by atoms with Crippen LogP contribution in [0.15, 0.2) is 53.9 Å². The van der Waals surface area contributed by atoms with Gasteiger partial charge in [0.2, 0.25) is 0 Å². The van der Waals surface area contributed by atoms with E-state index in [1.165, 1.54) is 12.8 Å². The van der Waals surface area contributed by atoms with E-state index in [1.807, 2.05) is 29.6 Å². The maximum atomic E-state index is 9.92. The Balaban J connectivity index is 0.000000258. The first-order valence-electron chi connectivity index (χ1n) is 10.8. The third-order valence-corrected chi connectivity index (χ3v) is 6.91. The summed E-state index contributed by atoms with van der Waals surface area (Å²) in [7, 11) is 0. The number of halogens is 5. The van der Waals surface area contributed by atoms with Gasteiger partial charge in [-0.05, 0) is 44.0 Å². The number of hydrogen-bond acceptors (Lipinski definition) is 5. The summed E-state index contributed by atoms with van der Waals surface area (Å²) in [5, 5.41) is 4.39. The minimum absolute atomic E-state index is 0.0312. The molecule has 4 nitrogen and oxygen atoms in total. The average molecular weight is 629 g/mol. The van der Waals surface area contributed by atoms with Crippen LogP contribution in [-0.2, 0) is 15.4 Å². The highest BCUT2D eigenvalue weighted by Gasteiger charge is 2.07. The quantitative estimate of drug-likeness (QED) is 0.227. The summed E-state index contributed by atoms with van der Waals surface area (Å²) in [6, 6.07) is 14.7. The number of aromatic nitrogens is 1. The number of carbonyl (C=O) groups excluding carboxylic acids is 1. The van der Waals surface area contributed by atoms with E-state index in [-0.39, 0.29) is 17.5 Å². The molecule has 196 valence electrons. The van der Waals surface area contributed by atoms with E-state index in [0.717, 1.165) is 33.5 Å². The standard InChI is InChI=1S/C10H7Cl2NS.C7H6ClNS.C5H10O.C3H4Cl2O/c11-5-9-6-14-10(13-9)7-1-3-8(12)4-2-7;8-6-3-1-5(2-4-6)7(9)10;1-5-3-2-4-6-5;4-1-3(6)2-5/h1-4,6H,5H2;1-4H,(H2,9,10);5H,2-4H2,1H3;1-2H2. The van der Waals surface area contributed by atoms with Gasteiger partial charge in [-0.2, -0.15) is 0 Å². The average Bonchev–Trinajstić information content (AvgIpc) is 3.57. The lowest BCUT2D eigenvalue weighted by Gasteiger charge is -1.95. The molecule has 3 aromatic rings. The number of nitrogens with two attached hydrogens (primary N) is 1. The van der Waals surface area contributed by atoms with Crippen molar-refractivity contribution in [3.63, 3.8) is 0 Å². The number of rotatable bonds is 5. The lowest BCUT2D eigenvalue weighted by Crippen LogP contribution is -2.08. The molecule has 4 rings (SSSR count). The molecule has 36 heavy (non-hydrogen) atoms. The van der Waals surface area contributed by atoms with Crippen molar-refractivity contribution in [1.29, 1.82) is 0 Å². The van der Waals surface area contributed by atoms with Crippen molar-refractivity contribution < 1.29 is 9.53 Å². The van der Waals surface area contributed by atoms with Crippen molar-refractivity contribution in [1.82, 2.24) is 4.98 Å². The minimum atomic E-state index is -0.127. The molecule has 1 aromatic heterocycles. The number of thiazole rings is 1. The molecule has 2 aromatic carbocycles. The highest BCUT2D eigenvalue weighted by Crippen LogP contribution is 2.25. The molecular weight excluding hydrogens is 602 g/mol. The van der Waals surface area contributed by atoms with Crippen molar-refractivity contribution in [3.8, 4) is 10.6 Å². The summed E-state index contributed by atoms with van der Waals surface area (Å²) >= 11 is 33.5. The third-order valence-electron chi connectivity index (χ3n) is 4.36. The van der Waals surface area contributed by atoms with E-state index < -0.39 is 0 Å². The van der Waals surface area contributed by atoms with Gasteiger partial charge in [-0.25, -0.2) is 4.98 Å². The molecule has 11 heteroatoms. The van der Waals surface area contributed by atoms with Crippen LogP contribution in [0, 0.1) is 0 Å². The van der Waals surface area contributed by atoms with E-state index in [4.69, 9.17) is 80.7 Å². The fraction of sp³-hybridized carbons (Fsp3) is 0.320. The normalized spacial score (nSPS) is 13.8. The molecule has 0 bridgehead atoms. The molecule has 2 N–H and O–H groups in total. The van der Waals surface area contributed by atoms with Gasteiger partial charge in [0.25, 0.3) is 0 Å². The van der Waals surface area contributed by atoms with Gasteiger partial charge < -0.3 is 10.5 Å². The zero-order valence-electron chi connectivity index (χ0n) is 19.6. The second-order valence-electron chi connectivity index (χ2n) is 7.29. The maximum absolute atomic E-state index is 9.92. The number of carbonyl (C=O) groups is 1. The molecule has 1 atom stereocenters. The van der Waals surface area contributed by atoms with Crippen LogP contribution >= 0.6 is 81.6 Å². The molecule has 0 aliphatic carbocycles. The number of ether oxygens (including phenoxy) is 1. The second-order valence-corrected chi connectivity index (χ2v) is 10.3. The van der Waals surface area contributed by atoms with Crippen LogP contribution in [0.5, 0.6) is 0 Å². The smallest absolute Gasteiger partial charge is 0.162 e. The van der Waals surface area contributed by atoms with Gasteiger partial charge in [0, 0.05) is 33.2 Å². The predicted octanol–water partition coefficient (Wildman–Crippen LogP) is 8.39. The van der Waals surface area contributed by atoms with Crippen LogP contribution in [0.4, 0.5) is 0 Å². The van der Waals surface area contributed by atoms with Crippen LogP contribution in [0.3, 0.4) is 0 Å². The molecule has 0 radical (unpaired) electrons. The second kappa shape index (κ2) is 19.2. The van der Waals surface area contributed by atoms with Crippen molar-refractivity contribution >= 4 is 92.3 Å². The number of benzene rings is 2. The van der Waals surface area contributed by atoms with Crippen molar-refractivity contribution in [2.45, 2.75) is 31.7 Å². The third kappa shape index (κ3) is 14.1. The molecule has 1 fully saturated rings. The Labute approximate surface area is 247 Å². The Kier molecular flexibility index (Phi) is 17.6. The number of thiocarbonyl (C=S) groups is 1. The van der Waals surface area contributed by atoms with Gasteiger partial charge in [-0.1, -0.05) is 59.7 Å². The van der Waals surface area contributed by atoms with E-state index in [0.29, 0.717) is 22.0 Å². The Hall–Kier alpha value is -0.960. The lowest BCUT2D eigenvalue weighted by molar-refractivity contribution is -0.114. The Morgan fingerprint density at radius 3 is 1.94 bits per heavy atom. The summed E-state index contributed by atoms with van der Waals surface area (Å²) in [4.78, 5) is 14.7. The molecular formula is C25H27Cl5N2O2S2. The largest absolute Gasteiger partial charge is 0.389 e. The number of alkyl halides is 3. The molecule has 0 amide bonds. The first kappa shape index (κ1) is 33.1. The summed E-state index contributed by atoms with van der Waals surface area (Å²) in [5.74, 6) is 0.398. The molecule has 1 unspecified atom stereocenters. The van der Waals surface area contributed by atoms with E-state index in [9.17, 15) is 4.79 Å². The molecule has 0 saturated carbocycles. The molecule has 1 saturated heterocycles. The monoisotopic (exact) mass is 626 g/mol. The van der Waals surface area contributed by atoms with Crippen LogP contribution < -0.4 is 5.73 Å². The topological polar surface area (TPSA) is 65.2 Å². The minimum Gasteiger partial charge on any atom is -0.389 e. The van der Waals surface area contributed by atoms with Gasteiger partial charge in [-0.15, -0.1) is 46.1 Å². The fourth-order valence-corrected chi connectivity index (χ4v) is 4.21. The van der Waals surface area contributed by atoms with Gasteiger partial charge in [0.1, 0.15) is 10.00 Å². The van der Waals surface area contributed by atoms with E-state index in [2.05, 4.69) is 11.9 Å². The fourth-order valence-electron chi connectivity index (χ4n) is 2.48. The highest BCUT2D eigenvalue weighted by molar-refractivity contribution is 7.80. The molecule has 0 spiro atoms. The molecule has 2 heterocycles. The summed E-state index contributed by atoms with van der Waals surface area (Å²) in [5.41, 5.74) is 8.20.